The highest BCUT2D eigenvalue weighted by atomic mass is 19.1. The molecule has 0 N–H and O–H groups in total. The Hall–Kier alpha value is -1.91. The van der Waals surface area contributed by atoms with Gasteiger partial charge in [0.15, 0.2) is 0 Å². The summed E-state index contributed by atoms with van der Waals surface area (Å²) in [4.78, 5) is 29.8. The molecule has 1 aromatic carbocycles. The van der Waals surface area contributed by atoms with Crippen LogP contribution in [0, 0.1) is 12.7 Å². The van der Waals surface area contributed by atoms with Crippen LogP contribution in [0.2, 0.25) is 0 Å². The summed E-state index contributed by atoms with van der Waals surface area (Å²) in [6, 6.07) is 4.51. The Morgan fingerprint density at radius 1 is 1.17 bits per heavy atom. The lowest BCUT2D eigenvalue weighted by Crippen LogP contribution is -2.62. The van der Waals surface area contributed by atoms with Gasteiger partial charge in [0.25, 0.3) is 5.91 Å². The van der Waals surface area contributed by atoms with Crippen molar-refractivity contribution in [3.05, 3.63) is 35.1 Å². The van der Waals surface area contributed by atoms with Crippen molar-refractivity contribution in [1.29, 1.82) is 0 Å². The highest BCUT2D eigenvalue weighted by Crippen LogP contribution is 2.39. The van der Waals surface area contributed by atoms with Crippen LogP contribution in [0.5, 0.6) is 0 Å². The molecule has 2 fully saturated rings. The Bertz CT molecular complexity index is 653. The van der Waals surface area contributed by atoms with E-state index in [1.807, 2.05) is 18.7 Å². The molecule has 2 aliphatic heterocycles. The van der Waals surface area contributed by atoms with E-state index in [0.717, 1.165) is 19.4 Å². The monoisotopic (exact) mass is 332 g/mol. The summed E-state index contributed by atoms with van der Waals surface area (Å²) in [5, 5.41) is 0. The minimum atomic E-state index is -0.736. The van der Waals surface area contributed by atoms with Crippen molar-refractivity contribution in [1.82, 2.24) is 9.80 Å². The van der Waals surface area contributed by atoms with Gasteiger partial charge in [-0.05, 0) is 70.2 Å². The number of carbonyl (C=O) groups is 2. The van der Waals surface area contributed by atoms with Crippen LogP contribution in [0.1, 0.15) is 55.5 Å². The van der Waals surface area contributed by atoms with Gasteiger partial charge >= 0.3 is 0 Å². The van der Waals surface area contributed by atoms with Gasteiger partial charge in [0.1, 0.15) is 11.4 Å². The molecular weight excluding hydrogens is 307 g/mol. The molecule has 130 valence electrons. The number of aryl methyl sites for hydroxylation is 1. The van der Waals surface area contributed by atoms with Crippen LogP contribution in [0.3, 0.4) is 0 Å². The Morgan fingerprint density at radius 3 is 2.46 bits per heavy atom. The van der Waals surface area contributed by atoms with E-state index in [0.29, 0.717) is 30.5 Å². The summed E-state index contributed by atoms with van der Waals surface area (Å²) in [5.41, 5.74) is 0.313. The first kappa shape index (κ1) is 16.9. The summed E-state index contributed by atoms with van der Waals surface area (Å²) in [5.74, 6) is -0.581. The molecule has 1 unspecified atom stereocenters. The lowest BCUT2D eigenvalue weighted by atomic mass is 9.84. The van der Waals surface area contributed by atoms with E-state index < -0.39 is 11.4 Å². The number of carbonyl (C=O) groups excluding carboxylic acids is 2. The fourth-order valence-electron chi connectivity index (χ4n) is 4.18. The second-order valence-electron chi connectivity index (χ2n) is 7.31. The molecule has 2 aliphatic rings. The summed E-state index contributed by atoms with van der Waals surface area (Å²) in [6.07, 6.45) is 3.12. The van der Waals surface area contributed by atoms with E-state index in [4.69, 9.17) is 0 Å². The average Bonchev–Trinajstić information content (AvgIpc) is 2.92. The number of hydrogen-bond donors (Lipinski definition) is 0. The normalized spacial score (nSPS) is 24.3. The molecule has 0 aliphatic carbocycles. The second kappa shape index (κ2) is 6.19. The number of halogens is 1. The first-order chi connectivity index (χ1) is 11.3. The molecule has 0 saturated carbocycles. The molecule has 0 aromatic heterocycles. The average molecular weight is 332 g/mol. The SMILES string of the molecule is Cc1cc(F)cc(C(=O)N2CCCC23CCCN(C(C)C)C3=O)c1. The molecule has 1 atom stereocenters. The predicted octanol–water partition coefficient (Wildman–Crippen LogP) is 3.14. The highest BCUT2D eigenvalue weighted by molar-refractivity contribution is 6.00. The van der Waals surface area contributed by atoms with Crippen LogP contribution in [0.4, 0.5) is 4.39 Å². The third-order valence-corrected chi connectivity index (χ3v) is 5.29. The van der Waals surface area contributed by atoms with Crippen LogP contribution >= 0.6 is 0 Å². The third-order valence-electron chi connectivity index (χ3n) is 5.29. The lowest BCUT2D eigenvalue weighted by Gasteiger charge is -2.46. The van der Waals surface area contributed by atoms with Gasteiger partial charge < -0.3 is 9.80 Å². The maximum atomic E-state index is 13.7. The van der Waals surface area contributed by atoms with E-state index in [1.165, 1.54) is 12.1 Å². The van der Waals surface area contributed by atoms with E-state index in [9.17, 15) is 14.0 Å². The van der Waals surface area contributed by atoms with Gasteiger partial charge in [-0.25, -0.2) is 4.39 Å². The van der Waals surface area contributed by atoms with Gasteiger partial charge in [0, 0.05) is 24.7 Å². The molecule has 4 nitrogen and oxygen atoms in total. The van der Waals surface area contributed by atoms with E-state index in [1.54, 1.807) is 17.9 Å². The quantitative estimate of drug-likeness (QED) is 0.835. The largest absolute Gasteiger partial charge is 0.338 e. The first-order valence-corrected chi connectivity index (χ1v) is 8.75. The van der Waals surface area contributed by atoms with Gasteiger partial charge in [-0.15, -0.1) is 0 Å². The number of likely N-dealkylation sites (tertiary alicyclic amines) is 2. The van der Waals surface area contributed by atoms with Gasteiger partial charge in [0.2, 0.25) is 5.91 Å². The first-order valence-electron chi connectivity index (χ1n) is 8.75. The summed E-state index contributed by atoms with van der Waals surface area (Å²) < 4.78 is 13.7. The molecule has 1 spiro atoms. The molecule has 2 saturated heterocycles. The van der Waals surface area contributed by atoms with Crippen molar-refractivity contribution in [3.8, 4) is 0 Å². The highest BCUT2D eigenvalue weighted by Gasteiger charge is 2.53. The van der Waals surface area contributed by atoms with Crippen molar-refractivity contribution in [2.45, 2.75) is 58.0 Å². The summed E-state index contributed by atoms with van der Waals surface area (Å²) in [6.45, 7) is 7.10. The maximum Gasteiger partial charge on any atom is 0.254 e. The van der Waals surface area contributed by atoms with Gasteiger partial charge in [-0.3, -0.25) is 9.59 Å². The molecule has 1 aromatic rings. The topological polar surface area (TPSA) is 40.6 Å². The van der Waals surface area contributed by atoms with Crippen molar-refractivity contribution in [2.24, 2.45) is 0 Å². The predicted molar refractivity (Wildman–Crippen MR) is 90.2 cm³/mol. The van der Waals surface area contributed by atoms with Crippen LogP contribution < -0.4 is 0 Å². The number of piperidine rings is 1. The number of benzene rings is 1. The fourth-order valence-corrected chi connectivity index (χ4v) is 4.18. The van der Waals surface area contributed by atoms with Crippen LogP contribution in [-0.2, 0) is 4.79 Å². The van der Waals surface area contributed by atoms with Crippen molar-refractivity contribution < 1.29 is 14.0 Å². The molecular formula is C19H25FN2O2. The van der Waals surface area contributed by atoms with Crippen molar-refractivity contribution in [2.75, 3.05) is 13.1 Å². The van der Waals surface area contributed by atoms with Gasteiger partial charge in [-0.2, -0.15) is 0 Å². The van der Waals surface area contributed by atoms with Crippen LogP contribution in [-0.4, -0.2) is 46.3 Å². The van der Waals surface area contributed by atoms with Gasteiger partial charge in [-0.1, -0.05) is 0 Å². The third kappa shape index (κ3) is 2.70. The van der Waals surface area contributed by atoms with E-state index in [2.05, 4.69) is 0 Å². The zero-order chi connectivity index (χ0) is 17.5. The van der Waals surface area contributed by atoms with Crippen LogP contribution in [0.15, 0.2) is 18.2 Å². The second-order valence-corrected chi connectivity index (χ2v) is 7.31. The molecule has 24 heavy (non-hydrogen) atoms. The molecule has 0 bridgehead atoms. The minimum Gasteiger partial charge on any atom is -0.338 e. The zero-order valence-corrected chi connectivity index (χ0v) is 14.6. The standard InChI is InChI=1S/C19H25FN2O2/c1-13(2)21-8-4-6-19(18(21)24)7-5-9-22(19)17(23)15-10-14(3)11-16(20)12-15/h10-13H,4-9H2,1-3H3. The Kier molecular flexibility index (Phi) is 4.37. The number of amides is 2. The molecule has 5 heteroatoms. The van der Waals surface area contributed by atoms with Gasteiger partial charge in [0.05, 0.1) is 0 Å². The summed E-state index contributed by atoms with van der Waals surface area (Å²) >= 11 is 0. The molecule has 0 radical (unpaired) electrons. The van der Waals surface area contributed by atoms with E-state index >= 15 is 0 Å². The Morgan fingerprint density at radius 2 is 1.83 bits per heavy atom. The van der Waals surface area contributed by atoms with Crippen LogP contribution in [0.25, 0.3) is 0 Å². The Labute approximate surface area is 142 Å². The van der Waals surface area contributed by atoms with Crippen molar-refractivity contribution >= 4 is 11.8 Å². The number of nitrogens with zero attached hydrogens (tertiary/aromatic N) is 2. The smallest absolute Gasteiger partial charge is 0.254 e. The zero-order valence-electron chi connectivity index (χ0n) is 14.6. The maximum absolute atomic E-state index is 13.7. The number of hydrogen-bond acceptors (Lipinski definition) is 2. The number of rotatable bonds is 2. The molecule has 2 heterocycles. The van der Waals surface area contributed by atoms with E-state index in [-0.39, 0.29) is 17.9 Å². The molecule has 3 rings (SSSR count). The lowest BCUT2D eigenvalue weighted by molar-refractivity contribution is -0.147. The molecule has 2 amide bonds. The Balaban J connectivity index is 1.95. The van der Waals surface area contributed by atoms with Crippen molar-refractivity contribution in [3.63, 3.8) is 0 Å². The summed E-state index contributed by atoms with van der Waals surface area (Å²) in [7, 11) is 0. The minimum absolute atomic E-state index is 0.0581. The fraction of sp³-hybridized carbons (Fsp3) is 0.579.